The second kappa shape index (κ2) is 5.09. The molecule has 0 saturated carbocycles. The minimum absolute atomic E-state index is 0.131. The summed E-state index contributed by atoms with van der Waals surface area (Å²) in [6.45, 7) is 4.07. The molecule has 0 saturated heterocycles. The largest absolute Gasteiger partial charge is 0.261 e. The molecule has 0 N–H and O–H groups in total. The van der Waals surface area contributed by atoms with Gasteiger partial charge in [-0.2, -0.15) is 0 Å². The van der Waals surface area contributed by atoms with E-state index in [4.69, 9.17) is 0 Å². The lowest BCUT2D eigenvalue weighted by atomic mass is 9.94. The second-order valence-electron chi connectivity index (χ2n) is 4.39. The Hall–Kier alpha value is -1.70. The molecule has 17 heavy (non-hydrogen) atoms. The molecular weight excluding hydrogens is 213 g/mol. The van der Waals surface area contributed by atoms with Crippen LogP contribution in [0.25, 0.3) is 0 Å². The highest BCUT2D eigenvalue weighted by Gasteiger charge is 2.12. The third-order valence-electron chi connectivity index (χ3n) is 3.05. The summed E-state index contributed by atoms with van der Waals surface area (Å²) in [5.74, 6) is 0.0124. The van der Waals surface area contributed by atoms with Crippen LogP contribution in [0.1, 0.15) is 29.7 Å². The van der Waals surface area contributed by atoms with Crippen molar-refractivity contribution in [1.29, 1.82) is 0 Å². The molecule has 0 spiro atoms. The lowest BCUT2D eigenvalue weighted by Gasteiger charge is -2.13. The summed E-state index contributed by atoms with van der Waals surface area (Å²) in [7, 11) is 0. The molecule has 0 fully saturated rings. The number of benzene rings is 1. The van der Waals surface area contributed by atoms with Crippen LogP contribution in [-0.2, 0) is 6.42 Å². The number of aryl methyl sites for hydroxylation is 1. The molecule has 1 nitrogen and oxygen atoms in total. The van der Waals surface area contributed by atoms with Crippen LogP contribution in [-0.4, -0.2) is 4.98 Å². The molecule has 1 aromatic carbocycles. The second-order valence-corrected chi connectivity index (χ2v) is 4.39. The Labute approximate surface area is 101 Å². The first-order chi connectivity index (χ1) is 8.18. The zero-order valence-electron chi connectivity index (χ0n) is 10.2. The van der Waals surface area contributed by atoms with Gasteiger partial charge in [-0.1, -0.05) is 31.2 Å². The number of hydrogen-bond acceptors (Lipinski definition) is 1. The zero-order chi connectivity index (χ0) is 12.3. The molecule has 0 aliphatic heterocycles. The number of nitrogens with zero attached hydrogens (tertiary/aromatic N) is 1. The van der Waals surface area contributed by atoms with Gasteiger partial charge in [0.25, 0.3) is 0 Å². The highest BCUT2D eigenvalue weighted by atomic mass is 19.1. The molecule has 88 valence electrons. The summed E-state index contributed by atoms with van der Waals surface area (Å²) < 4.78 is 13.6. The van der Waals surface area contributed by atoms with Crippen molar-refractivity contribution in [3.05, 3.63) is 65.2 Å². The summed E-state index contributed by atoms with van der Waals surface area (Å²) in [6, 6.07) is 10.9. The van der Waals surface area contributed by atoms with E-state index >= 15 is 0 Å². The quantitative estimate of drug-likeness (QED) is 0.778. The predicted molar refractivity (Wildman–Crippen MR) is 67.5 cm³/mol. The number of pyridine rings is 1. The highest BCUT2D eigenvalue weighted by Crippen LogP contribution is 2.23. The van der Waals surface area contributed by atoms with Crippen molar-refractivity contribution >= 4 is 0 Å². The first-order valence-electron chi connectivity index (χ1n) is 5.83. The Bertz CT molecular complexity index is 508. The summed E-state index contributed by atoms with van der Waals surface area (Å²) >= 11 is 0. The lowest BCUT2D eigenvalue weighted by Crippen LogP contribution is -2.04. The fourth-order valence-corrected chi connectivity index (χ4v) is 2.01. The topological polar surface area (TPSA) is 12.9 Å². The van der Waals surface area contributed by atoms with E-state index in [1.165, 1.54) is 6.07 Å². The third-order valence-corrected chi connectivity index (χ3v) is 3.05. The Balaban J connectivity index is 2.20. The van der Waals surface area contributed by atoms with Crippen LogP contribution in [0.15, 0.2) is 42.6 Å². The summed E-state index contributed by atoms with van der Waals surface area (Å²) in [5, 5.41) is 0. The number of hydrogen-bond donors (Lipinski definition) is 0. The maximum absolute atomic E-state index is 13.6. The molecule has 1 aromatic heterocycles. The van der Waals surface area contributed by atoms with E-state index < -0.39 is 0 Å². The maximum Gasteiger partial charge on any atom is 0.126 e. The van der Waals surface area contributed by atoms with Crippen molar-refractivity contribution < 1.29 is 4.39 Å². The summed E-state index contributed by atoms with van der Waals surface area (Å²) in [4.78, 5) is 4.35. The molecule has 0 radical (unpaired) electrons. The Morgan fingerprint density at radius 3 is 2.65 bits per heavy atom. The van der Waals surface area contributed by atoms with E-state index in [0.29, 0.717) is 0 Å². The summed E-state index contributed by atoms with van der Waals surface area (Å²) in [5.41, 5.74) is 2.97. The van der Waals surface area contributed by atoms with E-state index in [1.807, 2.05) is 38.1 Å². The summed E-state index contributed by atoms with van der Waals surface area (Å²) in [6.07, 6.45) is 2.56. The highest BCUT2D eigenvalue weighted by molar-refractivity contribution is 5.25. The monoisotopic (exact) mass is 229 g/mol. The predicted octanol–water partition coefficient (Wildman–Crippen LogP) is 3.88. The fourth-order valence-electron chi connectivity index (χ4n) is 2.01. The van der Waals surface area contributed by atoms with Crippen LogP contribution in [0, 0.1) is 12.7 Å². The van der Waals surface area contributed by atoms with Crippen molar-refractivity contribution in [2.24, 2.45) is 0 Å². The molecule has 1 heterocycles. The lowest BCUT2D eigenvalue weighted by molar-refractivity contribution is 0.585. The van der Waals surface area contributed by atoms with Crippen molar-refractivity contribution in [1.82, 2.24) is 4.98 Å². The van der Waals surface area contributed by atoms with Gasteiger partial charge in [0.15, 0.2) is 0 Å². The average Bonchev–Trinajstić information content (AvgIpc) is 2.32. The molecular formula is C15H16FN. The normalized spacial score (nSPS) is 12.4. The van der Waals surface area contributed by atoms with Gasteiger partial charge in [0.2, 0.25) is 0 Å². The van der Waals surface area contributed by atoms with E-state index in [-0.39, 0.29) is 11.7 Å². The van der Waals surface area contributed by atoms with Gasteiger partial charge in [0, 0.05) is 11.9 Å². The van der Waals surface area contributed by atoms with Crippen molar-refractivity contribution in [3.63, 3.8) is 0 Å². The van der Waals surface area contributed by atoms with Crippen LogP contribution >= 0.6 is 0 Å². The van der Waals surface area contributed by atoms with E-state index in [9.17, 15) is 4.39 Å². The maximum atomic E-state index is 13.6. The molecule has 2 rings (SSSR count). The minimum atomic E-state index is -0.131. The van der Waals surface area contributed by atoms with Gasteiger partial charge >= 0.3 is 0 Å². The van der Waals surface area contributed by atoms with Crippen LogP contribution < -0.4 is 0 Å². The average molecular weight is 229 g/mol. The van der Waals surface area contributed by atoms with Gasteiger partial charge in [-0.25, -0.2) is 4.39 Å². The molecule has 2 aromatic rings. The zero-order valence-corrected chi connectivity index (χ0v) is 10.2. The van der Waals surface area contributed by atoms with Gasteiger partial charge in [-0.15, -0.1) is 0 Å². The minimum Gasteiger partial charge on any atom is -0.261 e. The Morgan fingerprint density at radius 1 is 1.18 bits per heavy atom. The molecule has 1 atom stereocenters. The van der Waals surface area contributed by atoms with Gasteiger partial charge in [0.1, 0.15) is 5.82 Å². The Morgan fingerprint density at radius 2 is 1.94 bits per heavy atom. The Kier molecular flexibility index (Phi) is 3.52. The van der Waals surface area contributed by atoms with E-state index in [1.54, 1.807) is 12.3 Å². The van der Waals surface area contributed by atoms with Crippen LogP contribution in [0.5, 0.6) is 0 Å². The number of rotatable bonds is 3. The van der Waals surface area contributed by atoms with Crippen molar-refractivity contribution in [3.8, 4) is 0 Å². The molecule has 1 unspecified atom stereocenters. The van der Waals surface area contributed by atoms with Crippen molar-refractivity contribution in [2.45, 2.75) is 26.2 Å². The number of aromatic nitrogens is 1. The SMILES string of the molecule is Cc1cccnc1CC(C)c1ccccc1F. The molecule has 0 amide bonds. The van der Waals surface area contributed by atoms with Crippen LogP contribution in [0.2, 0.25) is 0 Å². The smallest absolute Gasteiger partial charge is 0.126 e. The molecule has 0 aliphatic rings. The van der Waals surface area contributed by atoms with Crippen LogP contribution in [0.4, 0.5) is 4.39 Å². The molecule has 2 heteroatoms. The van der Waals surface area contributed by atoms with Gasteiger partial charge in [-0.05, 0) is 42.5 Å². The first-order valence-corrected chi connectivity index (χ1v) is 5.83. The molecule has 0 bridgehead atoms. The number of halogens is 1. The first kappa shape index (κ1) is 11.8. The van der Waals surface area contributed by atoms with E-state index in [2.05, 4.69) is 4.98 Å². The van der Waals surface area contributed by atoms with Crippen molar-refractivity contribution in [2.75, 3.05) is 0 Å². The van der Waals surface area contributed by atoms with Gasteiger partial charge in [-0.3, -0.25) is 4.98 Å². The molecule has 0 aliphatic carbocycles. The third kappa shape index (κ3) is 2.70. The standard InChI is InChI=1S/C15H16FN/c1-11-6-5-9-17-15(11)10-12(2)13-7-3-4-8-14(13)16/h3-9,12H,10H2,1-2H3. The van der Waals surface area contributed by atoms with Gasteiger partial charge in [0.05, 0.1) is 0 Å². The van der Waals surface area contributed by atoms with E-state index in [0.717, 1.165) is 23.2 Å². The fraction of sp³-hybridized carbons (Fsp3) is 0.267. The van der Waals surface area contributed by atoms with Gasteiger partial charge < -0.3 is 0 Å². The van der Waals surface area contributed by atoms with Crippen LogP contribution in [0.3, 0.4) is 0 Å².